The number of nitrogens with two attached hydrogens (primary N) is 1. The summed E-state index contributed by atoms with van der Waals surface area (Å²) < 4.78 is 6.04. The smallest absolute Gasteiger partial charge is 0.357 e. The standard InChI is InChI=1S/C19H19N3O4S/c1-10(2)15(20)18(24)22-8-12(11-6-4-5-7-14(11)22)16(23)17-21-13(9-27-17)19(25)26-3/h4-10,15H,20H2,1-3H3. The zero-order valence-electron chi connectivity index (χ0n) is 15.1. The predicted molar refractivity (Wildman–Crippen MR) is 102 cm³/mol. The van der Waals surface area contributed by atoms with Crippen LogP contribution in [0.2, 0.25) is 0 Å². The van der Waals surface area contributed by atoms with Crippen molar-refractivity contribution in [2.75, 3.05) is 7.11 Å². The molecule has 3 rings (SSSR count). The molecule has 1 atom stereocenters. The number of rotatable bonds is 5. The molecule has 0 radical (unpaired) electrons. The summed E-state index contributed by atoms with van der Waals surface area (Å²) in [5, 5.41) is 2.25. The molecule has 2 heterocycles. The maximum Gasteiger partial charge on any atom is 0.357 e. The van der Waals surface area contributed by atoms with Crippen molar-refractivity contribution in [1.82, 2.24) is 9.55 Å². The number of hydrogen-bond acceptors (Lipinski definition) is 7. The summed E-state index contributed by atoms with van der Waals surface area (Å²) in [6.07, 6.45) is 1.50. The van der Waals surface area contributed by atoms with Crippen molar-refractivity contribution in [3.05, 3.63) is 52.1 Å². The summed E-state index contributed by atoms with van der Waals surface area (Å²) in [6, 6.07) is 6.42. The lowest BCUT2D eigenvalue weighted by atomic mass is 10.1. The normalized spacial score (nSPS) is 12.3. The summed E-state index contributed by atoms with van der Waals surface area (Å²) in [5.74, 6) is -1.30. The number of nitrogens with zero attached hydrogens (tertiary/aromatic N) is 2. The molecule has 7 nitrogen and oxygen atoms in total. The molecule has 0 bridgehead atoms. The first-order valence-electron chi connectivity index (χ1n) is 8.33. The molecule has 0 amide bonds. The van der Waals surface area contributed by atoms with Gasteiger partial charge >= 0.3 is 5.97 Å². The van der Waals surface area contributed by atoms with E-state index in [9.17, 15) is 14.4 Å². The van der Waals surface area contributed by atoms with Crippen molar-refractivity contribution in [1.29, 1.82) is 0 Å². The molecule has 140 valence electrons. The highest BCUT2D eigenvalue weighted by molar-refractivity contribution is 7.12. The Bertz CT molecular complexity index is 1030. The Labute approximate surface area is 159 Å². The molecule has 0 spiro atoms. The van der Waals surface area contributed by atoms with Crippen LogP contribution in [0.1, 0.15) is 44.5 Å². The number of benzene rings is 1. The summed E-state index contributed by atoms with van der Waals surface area (Å²) in [4.78, 5) is 41.4. The third-order valence-electron chi connectivity index (χ3n) is 4.29. The molecular formula is C19H19N3O4S. The first kappa shape index (κ1) is 18.9. The molecule has 0 fully saturated rings. The molecule has 2 aromatic heterocycles. The third kappa shape index (κ3) is 3.41. The van der Waals surface area contributed by atoms with Gasteiger partial charge in [-0.25, -0.2) is 9.78 Å². The average molecular weight is 385 g/mol. The molecule has 8 heteroatoms. The second kappa shape index (κ2) is 7.42. The highest BCUT2D eigenvalue weighted by Crippen LogP contribution is 2.26. The highest BCUT2D eigenvalue weighted by Gasteiger charge is 2.25. The van der Waals surface area contributed by atoms with E-state index in [1.54, 1.807) is 24.3 Å². The minimum Gasteiger partial charge on any atom is -0.464 e. The first-order valence-corrected chi connectivity index (χ1v) is 9.21. The minimum absolute atomic E-state index is 0.0422. The molecule has 0 aliphatic rings. The van der Waals surface area contributed by atoms with E-state index in [4.69, 9.17) is 5.73 Å². The van der Waals surface area contributed by atoms with Crippen LogP contribution in [-0.4, -0.2) is 40.4 Å². The van der Waals surface area contributed by atoms with Crippen LogP contribution in [-0.2, 0) is 4.74 Å². The van der Waals surface area contributed by atoms with E-state index in [1.165, 1.54) is 23.3 Å². The monoisotopic (exact) mass is 385 g/mol. The lowest BCUT2D eigenvalue weighted by Crippen LogP contribution is -2.38. The zero-order valence-corrected chi connectivity index (χ0v) is 15.9. The van der Waals surface area contributed by atoms with Crippen LogP contribution in [0.4, 0.5) is 0 Å². The number of esters is 1. The summed E-state index contributed by atoms with van der Waals surface area (Å²) in [6.45, 7) is 3.73. The van der Waals surface area contributed by atoms with Gasteiger partial charge in [-0.15, -0.1) is 11.3 Å². The largest absolute Gasteiger partial charge is 0.464 e. The molecule has 0 aliphatic heterocycles. The SMILES string of the molecule is COC(=O)c1csc(C(=O)c2cn(C(=O)C(N)C(C)C)c3ccccc23)n1. The number of fused-ring (bicyclic) bond motifs is 1. The van der Waals surface area contributed by atoms with Gasteiger partial charge in [0.2, 0.25) is 11.7 Å². The second-order valence-corrected chi connectivity index (χ2v) is 7.25. The number of aromatic nitrogens is 2. The van der Waals surface area contributed by atoms with Gasteiger partial charge in [-0.1, -0.05) is 32.0 Å². The fraction of sp³-hybridized carbons (Fsp3) is 0.263. The minimum atomic E-state index is -0.686. The van der Waals surface area contributed by atoms with Crippen molar-refractivity contribution < 1.29 is 19.1 Å². The summed E-state index contributed by atoms with van der Waals surface area (Å²) >= 11 is 1.05. The quantitative estimate of drug-likeness (QED) is 0.535. The van der Waals surface area contributed by atoms with Gasteiger partial charge in [0.1, 0.15) is 0 Å². The highest BCUT2D eigenvalue weighted by atomic mass is 32.1. The Morgan fingerprint density at radius 1 is 1.22 bits per heavy atom. The predicted octanol–water partition coefficient (Wildman–Crippen LogP) is 2.74. The van der Waals surface area contributed by atoms with Crippen molar-refractivity contribution in [3.8, 4) is 0 Å². The van der Waals surface area contributed by atoms with Gasteiger partial charge in [0, 0.05) is 17.0 Å². The van der Waals surface area contributed by atoms with Crippen LogP contribution in [0.25, 0.3) is 10.9 Å². The second-order valence-electron chi connectivity index (χ2n) is 6.40. The lowest BCUT2D eigenvalue weighted by Gasteiger charge is -2.15. The van der Waals surface area contributed by atoms with Crippen LogP contribution >= 0.6 is 11.3 Å². The van der Waals surface area contributed by atoms with Gasteiger partial charge in [0.05, 0.1) is 24.2 Å². The number of carbonyl (C=O) groups is 3. The number of carbonyl (C=O) groups excluding carboxylic acids is 3. The fourth-order valence-electron chi connectivity index (χ4n) is 2.68. The van der Waals surface area contributed by atoms with E-state index >= 15 is 0 Å². The Kier molecular flexibility index (Phi) is 5.20. The van der Waals surface area contributed by atoms with E-state index in [-0.39, 0.29) is 28.3 Å². The summed E-state index contributed by atoms with van der Waals surface area (Å²) in [7, 11) is 1.25. The zero-order chi connectivity index (χ0) is 19.7. The average Bonchev–Trinajstić information content (AvgIpc) is 3.31. The molecule has 1 aromatic carbocycles. The van der Waals surface area contributed by atoms with Gasteiger partial charge in [0.25, 0.3) is 0 Å². The molecular weight excluding hydrogens is 366 g/mol. The molecule has 3 aromatic rings. The Morgan fingerprint density at radius 3 is 2.59 bits per heavy atom. The number of para-hydroxylation sites is 1. The summed E-state index contributed by atoms with van der Waals surface area (Å²) in [5.41, 5.74) is 7.03. The lowest BCUT2D eigenvalue weighted by molar-refractivity contribution is 0.0594. The van der Waals surface area contributed by atoms with Gasteiger partial charge < -0.3 is 10.5 Å². The maximum atomic E-state index is 13.0. The van der Waals surface area contributed by atoms with Gasteiger partial charge in [0.15, 0.2) is 10.7 Å². The molecule has 0 aliphatic carbocycles. The van der Waals surface area contributed by atoms with Crippen LogP contribution in [0.5, 0.6) is 0 Å². The molecule has 27 heavy (non-hydrogen) atoms. The topological polar surface area (TPSA) is 104 Å². The van der Waals surface area contributed by atoms with Crippen LogP contribution in [0.15, 0.2) is 35.8 Å². The van der Waals surface area contributed by atoms with Crippen molar-refractivity contribution >= 4 is 39.9 Å². The van der Waals surface area contributed by atoms with Crippen molar-refractivity contribution in [3.63, 3.8) is 0 Å². The molecule has 1 unspecified atom stereocenters. The maximum absolute atomic E-state index is 13.0. The molecule has 0 saturated carbocycles. The number of thiazole rings is 1. The Morgan fingerprint density at radius 2 is 1.93 bits per heavy atom. The molecule has 0 saturated heterocycles. The number of methoxy groups -OCH3 is 1. The van der Waals surface area contributed by atoms with E-state index in [2.05, 4.69) is 9.72 Å². The van der Waals surface area contributed by atoms with E-state index in [0.717, 1.165) is 11.3 Å². The Hall–Kier alpha value is -2.84. The van der Waals surface area contributed by atoms with E-state index < -0.39 is 12.0 Å². The van der Waals surface area contributed by atoms with Crippen LogP contribution in [0, 0.1) is 5.92 Å². The van der Waals surface area contributed by atoms with Crippen LogP contribution < -0.4 is 5.73 Å². The van der Waals surface area contributed by atoms with Crippen LogP contribution in [0.3, 0.4) is 0 Å². The first-order chi connectivity index (χ1) is 12.8. The fourth-order valence-corrected chi connectivity index (χ4v) is 3.42. The van der Waals surface area contributed by atoms with Gasteiger partial charge in [-0.05, 0) is 12.0 Å². The Balaban J connectivity index is 2.07. The van der Waals surface area contributed by atoms with Gasteiger partial charge in [-0.3, -0.25) is 14.2 Å². The van der Waals surface area contributed by atoms with Gasteiger partial charge in [-0.2, -0.15) is 0 Å². The number of hydrogen-bond donors (Lipinski definition) is 1. The van der Waals surface area contributed by atoms with Crippen molar-refractivity contribution in [2.45, 2.75) is 19.9 Å². The van der Waals surface area contributed by atoms with E-state index in [0.29, 0.717) is 16.5 Å². The number of ether oxygens (including phenoxy) is 1. The molecule has 2 N–H and O–H groups in total. The number of ketones is 1. The van der Waals surface area contributed by atoms with Crippen molar-refractivity contribution in [2.24, 2.45) is 11.7 Å². The third-order valence-corrected chi connectivity index (χ3v) is 5.13. The van der Waals surface area contributed by atoms with E-state index in [1.807, 2.05) is 13.8 Å².